The SMILES string of the molecule is CN(C)C(=O)/C(C#N)=C\c1cc(Cl)c(OCc2ccc(I)cc2)c(Cl)c1. The van der Waals surface area contributed by atoms with Gasteiger partial charge in [0.2, 0.25) is 0 Å². The van der Waals surface area contributed by atoms with Gasteiger partial charge in [0.15, 0.2) is 5.75 Å². The lowest BCUT2D eigenvalue weighted by Crippen LogP contribution is -2.22. The van der Waals surface area contributed by atoms with Crippen LogP contribution in [0, 0.1) is 14.9 Å². The summed E-state index contributed by atoms with van der Waals surface area (Å²) in [5.41, 5.74) is 1.54. The Kier molecular flexibility index (Phi) is 7.33. The maximum absolute atomic E-state index is 11.9. The first-order valence-electron chi connectivity index (χ1n) is 7.51. The van der Waals surface area contributed by atoms with Gasteiger partial charge in [-0.15, -0.1) is 0 Å². The molecule has 2 rings (SSSR count). The fourth-order valence-corrected chi connectivity index (χ4v) is 3.06. The summed E-state index contributed by atoms with van der Waals surface area (Å²) in [6.45, 7) is 0.327. The molecule has 0 saturated heterocycles. The van der Waals surface area contributed by atoms with Gasteiger partial charge in [-0.3, -0.25) is 4.79 Å². The second-order valence-corrected chi connectivity index (χ2v) is 7.66. The number of hydrogen-bond donors (Lipinski definition) is 0. The molecular formula is C19H15Cl2IN2O2. The highest BCUT2D eigenvalue weighted by atomic mass is 127. The number of benzene rings is 2. The van der Waals surface area contributed by atoms with E-state index < -0.39 is 5.91 Å². The van der Waals surface area contributed by atoms with Crippen LogP contribution in [-0.4, -0.2) is 24.9 Å². The van der Waals surface area contributed by atoms with Gasteiger partial charge in [0.25, 0.3) is 5.91 Å². The molecule has 2 aromatic rings. The van der Waals surface area contributed by atoms with Crippen molar-refractivity contribution >= 4 is 57.8 Å². The Hall–Kier alpha value is -1.75. The maximum atomic E-state index is 11.9. The number of carbonyl (C=O) groups is 1. The monoisotopic (exact) mass is 500 g/mol. The first-order chi connectivity index (χ1) is 12.3. The fourth-order valence-electron chi connectivity index (χ4n) is 2.09. The number of rotatable bonds is 5. The maximum Gasteiger partial charge on any atom is 0.264 e. The zero-order valence-corrected chi connectivity index (χ0v) is 17.8. The molecule has 0 aliphatic heterocycles. The smallest absolute Gasteiger partial charge is 0.264 e. The van der Waals surface area contributed by atoms with Crippen molar-refractivity contribution in [3.63, 3.8) is 0 Å². The first-order valence-corrected chi connectivity index (χ1v) is 9.35. The Balaban J connectivity index is 2.23. The van der Waals surface area contributed by atoms with Crippen LogP contribution in [0.4, 0.5) is 0 Å². The van der Waals surface area contributed by atoms with E-state index in [4.69, 9.17) is 27.9 Å². The Labute approximate surface area is 176 Å². The van der Waals surface area contributed by atoms with Crippen LogP contribution >= 0.6 is 45.8 Å². The average molecular weight is 501 g/mol. The average Bonchev–Trinajstić information content (AvgIpc) is 2.59. The molecule has 0 fully saturated rings. The molecule has 2 aromatic carbocycles. The van der Waals surface area contributed by atoms with Crippen LogP contribution in [0.3, 0.4) is 0 Å². The van der Waals surface area contributed by atoms with E-state index in [0.29, 0.717) is 28.0 Å². The minimum absolute atomic E-state index is 0.00492. The van der Waals surface area contributed by atoms with E-state index >= 15 is 0 Å². The summed E-state index contributed by atoms with van der Waals surface area (Å²) in [7, 11) is 3.16. The summed E-state index contributed by atoms with van der Waals surface area (Å²) in [6, 6.07) is 13.0. The Bertz CT molecular complexity index is 864. The molecule has 0 N–H and O–H groups in total. The predicted molar refractivity (Wildman–Crippen MR) is 112 cm³/mol. The molecule has 0 saturated carbocycles. The largest absolute Gasteiger partial charge is 0.486 e. The minimum Gasteiger partial charge on any atom is -0.486 e. The molecule has 26 heavy (non-hydrogen) atoms. The second kappa shape index (κ2) is 9.26. The number of carbonyl (C=O) groups excluding carboxylic acids is 1. The van der Waals surface area contributed by atoms with Gasteiger partial charge in [-0.2, -0.15) is 5.26 Å². The van der Waals surface area contributed by atoms with Gasteiger partial charge < -0.3 is 9.64 Å². The summed E-state index contributed by atoms with van der Waals surface area (Å²) in [4.78, 5) is 13.3. The van der Waals surface area contributed by atoms with E-state index in [-0.39, 0.29) is 5.57 Å². The number of nitriles is 1. The van der Waals surface area contributed by atoms with Crippen molar-refractivity contribution < 1.29 is 9.53 Å². The number of amides is 1. The van der Waals surface area contributed by atoms with E-state index in [1.165, 1.54) is 11.0 Å². The molecule has 0 spiro atoms. The molecule has 7 heteroatoms. The Morgan fingerprint density at radius 2 is 1.81 bits per heavy atom. The van der Waals surface area contributed by atoms with Crippen LogP contribution in [0.5, 0.6) is 5.75 Å². The lowest BCUT2D eigenvalue weighted by molar-refractivity contribution is -0.124. The predicted octanol–water partition coefficient (Wildman–Crippen LogP) is 5.17. The normalized spacial score (nSPS) is 11.0. The summed E-state index contributed by atoms with van der Waals surface area (Å²) in [5, 5.41) is 9.79. The van der Waals surface area contributed by atoms with Gasteiger partial charge in [0, 0.05) is 17.7 Å². The molecule has 0 heterocycles. The zero-order chi connectivity index (χ0) is 19.3. The van der Waals surface area contributed by atoms with Crippen molar-refractivity contribution in [2.24, 2.45) is 0 Å². The Morgan fingerprint density at radius 1 is 1.23 bits per heavy atom. The van der Waals surface area contributed by atoms with E-state index in [2.05, 4.69) is 22.6 Å². The molecule has 4 nitrogen and oxygen atoms in total. The van der Waals surface area contributed by atoms with Crippen LogP contribution in [0.15, 0.2) is 42.0 Å². The van der Waals surface area contributed by atoms with Crippen LogP contribution in [0.2, 0.25) is 10.0 Å². The summed E-state index contributed by atoms with van der Waals surface area (Å²) in [6.07, 6.45) is 1.45. The van der Waals surface area contributed by atoms with Crippen LogP contribution in [-0.2, 0) is 11.4 Å². The molecular weight excluding hydrogens is 486 g/mol. The van der Waals surface area contributed by atoms with Gasteiger partial charge in [-0.25, -0.2) is 0 Å². The minimum atomic E-state index is -0.390. The number of hydrogen-bond acceptors (Lipinski definition) is 3. The van der Waals surface area contributed by atoms with Crippen molar-refractivity contribution in [1.29, 1.82) is 5.26 Å². The highest BCUT2D eigenvalue weighted by molar-refractivity contribution is 14.1. The molecule has 134 valence electrons. The Morgan fingerprint density at radius 3 is 2.31 bits per heavy atom. The molecule has 0 atom stereocenters. The lowest BCUT2D eigenvalue weighted by Gasteiger charge is -2.12. The molecule has 0 aliphatic rings. The second-order valence-electron chi connectivity index (χ2n) is 5.60. The first kappa shape index (κ1) is 20.6. The highest BCUT2D eigenvalue weighted by Crippen LogP contribution is 2.35. The van der Waals surface area contributed by atoms with E-state index in [1.54, 1.807) is 26.2 Å². The van der Waals surface area contributed by atoms with Crippen LogP contribution in [0.25, 0.3) is 6.08 Å². The molecule has 0 unspecified atom stereocenters. The topological polar surface area (TPSA) is 53.3 Å². The third-order valence-electron chi connectivity index (χ3n) is 3.39. The standard InChI is InChI=1S/C19H15Cl2IN2O2/c1-24(2)19(25)14(10-23)7-13-8-16(20)18(17(21)9-13)26-11-12-3-5-15(22)6-4-12/h3-9H,11H2,1-2H3/b14-7-. The lowest BCUT2D eigenvalue weighted by atomic mass is 10.1. The molecule has 1 amide bonds. The van der Waals surface area contributed by atoms with Gasteiger partial charge in [0.05, 0.1) is 10.0 Å². The van der Waals surface area contributed by atoms with Gasteiger partial charge in [-0.1, -0.05) is 35.3 Å². The third-order valence-corrected chi connectivity index (χ3v) is 4.67. The fraction of sp³-hybridized carbons (Fsp3) is 0.158. The molecule has 0 radical (unpaired) electrons. The summed E-state index contributed by atoms with van der Waals surface area (Å²) in [5.74, 6) is -0.0275. The van der Waals surface area contributed by atoms with E-state index in [9.17, 15) is 10.1 Å². The van der Waals surface area contributed by atoms with E-state index in [0.717, 1.165) is 9.13 Å². The molecule has 0 bridgehead atoms. The molecule has 0 aromatic heterocycles. The summed E-state index contributed by atoms with van der Waals surface area (Å²) >= 11 is 14.8. The number of halogens is 3. The van der Waals surface area contributed by atoms with Gasteiger partial charge >= 0.3 is 0 Å². The van der Waals surface area contributed by atoms with Crippen LogP contribution < -0.4 is 4.74 Å². The van der Waals surface area contributed by atoms with Crippen molar-refractivity contribution in [2.75, 3.05) is 14.1 Å². The number of nitrogens with zero attached hydrogens (tertiary/aromatic N) is 2. The zero-order valence-electron chi connectivity index (χ0n) is 14.1. The van der Waals surface area contributed by atoms with Gasteiger partial charge in [0.1, 0.15) is 18.2 Å². The van der Waals surface area contributed by atoms with Crippen molar-refractivity contribution in [1.82, 2.24) is 4.90 Å². The third kappa shape index (κ3) is 5.37. The number of likely N-dealkylation sites (N-methyl/N-ethyl adjacent to an activating group) is 1. The van der Waals surface area contributed by atoms with Crippen molar-refractivity contribution in [2.45, 2.75) is 6.61 Å². The highest BCUT2D eigenvalue weighted by Gasteiger charge is 2.14. The van der Waals surface area contributed by atoms with Gasteiger partial charge in [-0.05, 0) is 64.1 Å². The van der Waals surface area contributed by atoms with Crippen molar-refractivity contribution in [3.05, 3.63) is 66.7 Å². The van der Waals surface area contributed by atoms with Crippen molar-refractivity contribution in [3.8, 4) is 11.8 Å². The van der Waals surface area contributed by atoms with Crippen LogP contribution in [0.1, 0.15) is 11.1 Å². The number of ether oxygens (including phenoxy) is 1. The quantitative estimate of drug-likeness (QED) is 0.323. The molecule has 0 aliphatic carbocycles. The summed E-state index contributed by atoms with van der Waals surface area (Å²) < 4.78 is 6.88. The van der Waals surface area contributed by atoms with E-state index in [1.807, 2.05) is 30.3 Å².